The predicted octanol–water partition coefficient (Wildman–Crippen LogP) is 2.27. The first-order valence-corrected chi connectivity index (χ1v) is 7.17. The Morgan fingerprint density at radius 2 is 2.28 bits per heavy atom. The van der Waals surface area contributed by atoms with Crippen molar-refractivity contribution in [2.24, 2.45) is 0 Å². The Hall–Kier alpha value is -1.07. The molecule has 0 saturated carbocycles. The molecule has 0 amide bonds. The third-order valence-corrected chi connectivity index (χ3v) is 4.44. The van der Waals surface area contributed by atoms with Gasteiger partial charge in [-0.25, -0.2) is 4.79 Å². The highest BCUT2D eigenvalue weighted by Crippen LogP contribution is 2.36. The van der Waals surface area contributed by atoms with E-state index in [4.69, 9.17) is 10.5 Å². The summed E-state index contributed by atoms with van der Waals surface area (Å²) in [4.78, 5) is 15.6. The van der Waals surface area contributed by atoms with Crippen LogP contribution in [0.15, 0.2) is 0 Å². The molecule has 0 fully saturated rings. The van der Waals surface area contributed by atoms with Crippen molar-refractivity contribution in [3.8, 4) is 0 Å². The molecule has 0 aliphatic carbocycles. The lowest BCUT2D eigenvalue weighted by Crippen LogP contribution is -2.35. The van der Waals surface area contributed by atoms with E-state index in [9.17, 15) is 4.79 Å². The third kappa shape index (κ3) is 2.37. The summed E-state index contributed by atoms with van der Waals surface area (Å²) in [5, 5.41) is 0.601. The van der Waals surface area contributed by atoms with Gasteiger partial charge in [0, 0.05) is 24.0 Å². The molecule has 0 atom stereocenters. The molecule has 0 aromatic carbocycles. The fourth-order valence-corrected chi connectivity index (χ4v) is 3.35. The third-order valence-electron chi connectivity index (χ3n) is 3.32. The van der Waals surface area contributed by atoms with Gasteiger partial charge in [0.1, 0.15) is 5.00 Å². The van der Waals surface area contributed by atoms with Crippen molar-refractivity contribution >= 4 is 22.3 Å². The lowest BCUT2D eigenvalue weighted by Gasteiger charge is -2.30. The standard InChI is InChI=1S/C13H20N2O2S/c1-4-17-13(16)11-9-7-15(8(2)3)6-5-10(9)18-12(11)14/h8H,4-7,14H2,1-3H3. The van der Waals surface area contributed by atoms with Crippen LogP contribution in [0.2, 0.25) is 0 Å². The summed E-state index contributed by atoms with van der Waals surface area (Å²) in [5.41, 5.74) is 7.65. The minimum absolute atomic E-state index is 0.280. The van der Waals surface area contributed by atoms with Crippen LogP contribution in [0.5, 0.6) is 0 Å². The fourth-order valence-electron chi connectivity index (χ4n) is 2.30. The van der Waals surface area contributed by atoms with E-state index >= 15 is 0 Å². The molecule has 18 heavy (non-hydrogen) atoms. The largest absolute Gasteiger partial charge is 0.462 e. The Morgan fingerprint density at radius 1 is 1.56 bits per heavy atom. The van der Waals surface area contributed by atoms with Crippen molar-refractivity contribution in [3.63, 3.8) is 0 Å². The molecule has 0 spiro atoms. The molecule has 0 saturated heterocycles. The number of anilines is 1. The molecule has 2 heterocycles. The van der Waals surface area contributed by atoms with E-state index in [-0.39, 0.29) is 5.97 Å². The number of hydrogen-bond acceptors (Lipinski definition) is 5. The molecule has 0 radical (unpaired) electrons. The molecule has 1 aromatic heterocycles. The van der Waals surface area contributed by atoms with Gasteiger partial charge in [-0.05, 0) is 32.8 Å². The van der Waals surface area contributed by atoms with Crippen LogP contribution >= 0.6 is 11.3 Å². The Bertz CT molecular complexity index is 454. The van der Waals surface area contributed by atoms with Crippen molar-refractivity contribution in [2.75, 3.05) is 18.9 Å². The second kappa shape index (κ2) is 5.28. The molecule has 2 rings (SSSR count). The summed E-state index contributed by atoms with van der Waals surface area (Å²) in [6.45, 7) is 8.38. The minimum atomic E-state index is -0.280. The number of nitrogens with two attached hydrogens (primary N) is 1. The Kier molecular flexibility index (Phi) is 3.92. The van der Waals surface area contributed by atoms with E-state index in [1.54, 1.807) is 0 Å². The average Bonchev–Trinajstić information content (AvgIpc) is 2.63. The number of fused-ring (bicyclic) bond motifs is 1. The highest BCUT2D eigenvalue weighted by atomic mass is 32.1. The number of nitrogen functional groups attached to an aromatic ring is 1. The zero-order valence-electron chi connectivity index (χ0n) is 11.2. The zero-order chi connectivity index (χ0) is 13.3. The number of carbonyl (C=O) groups is 1. The molecular formula is C13H20N2O2S. The molecular weight excluding hydrogens is 248 g/mol. The molecule has 2 N–H and O–H groups in total. The lowest BCUT2D eigenvalue weighted by atomic mass is 10.0. The van der Waals surface area contributed by atoms with Gasteiger partial charge in [-0.15, -0.1) is 11.3 Å². The van der Waals surface area contributed by atoms with Crippen LogP contribution in [0.1, 0.15) is 41.6 Å². The highest BCUT2D eigenvalue weighted by Gasteiger charge is 2.28. The van der Waals surface area contributed by atoms with Crippen LogP contribution in [-0.2, 0) is 17.7 Å². The van der Waals surface area contributed by atoms with Gasteiger partial charge in [0.2, 0.25) is 0 Å². The first-order valence-electron chi connectivity index (χ1n) is 6.35. The van der Waals surface area contributed by atoms with Crippen molar-refractivity contribution < 1.29 is 9.53 Å². The number of ether oxygens (including phenoxy) is 1. The number of thiophene rings is 1. The number of nitrogens with zero attached hydrogens (tertiary/aromatic N) is 1. The Balaban J connectivity index is 2.32. The zero-order valence-corrected chi connectivity index (χ0v) is 12.0. The molecule has 1 aliphatic heterocycles. The summed E-state index contributed by atoms with van der Waals surface area (Å²) in [7, 11) is 0. The summed E-state index contributed by atoms with van der Waals surface area (Å²) in [5.74, 6) is -0.280. The van der Waals surface area contributed by atoms with E-state index in [0.717, 1.165) is 25.1 Å². The summed E-state index contributed by atoms with van der Waals surface area (Å²) >= 11 is 1.54. The topological polar surface area (TPSA) is 55.6 Å². The first-order chi connectivity index (χ1) is 8.54. The molecule has 1 aromatic rings. The van der Waals surface area contributed by atoms with E-state index in [1.807, 2.05) is 6.92 Å². The van der Waals surface area contributed by atoms with Gasteiger partial charge in [0.05, 0.1) is 12.2 Å². The molecule has 0 bridgehead atoms. The maximum atomic E-state index is 12.0. The number of esters is 1. The van der Waals surface area contributed by atoms with Gasteiger partial charge in [-0.1, -0.05) is 0 Å². The van der Waals surface area contributed by atoms with Crippen LogP contribution in [0.25, 0.3) is 0 Å². The monoisotopic (exact) mass is 268 g/mol. The lowest BCUT2D eigenvalue weighted by molar-refractivity contribution is 0.0524. The highest BCUT2D eigenvalue weighted by molar-refractivity contribution is 7.16. The van der Waals surface area contributed by atoms with Gasteiger partial charge in [0.25, 0.3) is 0 Å². The maximum Gasteiger partial charge on any atom is 0.341 e. The summed E-state index contributed by atoms with van der Waals surface area (Å²) < 4.78 is 5.10. The van der Waals surface area contributed by atoms with Crippen molar-refractivity contribution in [3.05, 3.63) is 16.0 Å². The predicted molar refractivity (Wildman–Crippen MR) is 73.9 cm³/mol. The summed E-state index contributed by atoms with van der Waals surface area (Å²) in [6.07, 6.45) is 0.974. The van der Waals surface area contributed by atoms with Crippen LogP contribution in [0.3, 0.4) is 0 Å². The fraction of sp³-hybridized carbons (Fsp3) is 0.615. The molecule has 0 unspecified atom stereocenters. The van der Waals surface area contributed by atoms with Gasteiger partial charge in [-0.2, -0.15) is 0 Å². The smallest absolute Gasteiger partial charge is 0.341 e. The Labute approximate surface area is 112 Å². The van der Waals surface area contributed by atoms with Crippen LogP contribution < -0.4 is 5.73 Å². The van der Waals surface area contributed by atoms with E-state index in [1.165, 1.54) is 16.2 Å². The van der Waals surface area contributed by atoms with Crippen LogP contribution in [0, 0.1) is 0 Å². The maximum absolute atomic E-state index is 12.0. The quantitative estimate of drug-likeness (QED) is 0.854. The number of rotatable bonds is 3. The van der Waals surface area contributed by atoms with Crippen molar-refractivity contribution in [1.29, 1.82) is 0 Å². The van der Waals surface area contributed by atoms with E-state index in [2.05, 4.69) is 18.7 Å². The normalized spacial score (nSPS) is 15.8. The average molecular weight is 268 g/mol. The summed E-state index contributed by atoms with van der Waals surface area (Å²) in [6, 6.07) is 0.481. The second-order valence-electron chi connectivity index (χ2n) is 4.78. The van der Waals surface area contributed by atoms with Crippen molar-refractivity contribution in [1.82, 2.24) is 4.90 Å². The number of hydrogen-bond donors (Lipinski definition) is 1. The SMILES string of the molecule is CCOC(=O)c1c(N)sc2c1CN(C(C)C)CC2. The molecule has 100 valence electrons. The molecule has 4 nitrogen and oxygen atoms in total. The van der Waals surface area contributed by atoms with Gasteiger partial charge < -0.3 is 10.5 Å². The molecule has 1 aliphatic rings. The van der Waals surface area contributed by atoms with E-state index < -0.39 is 0 Å². The second-order valence-corrected chi connectivity index (χ2v) is 5.91. The van der Waals surface area contributed by atoms with E-state index in [0.29, 0.717) is 23.2 Å². The van der Waals surface area contributed by atoms with Gasteiger partial charge >= 0.3 is 5.97 Å². The number of carbonyl (C=O) groups excluding carboxylic acids is 1. The van der Waals surface area contributed by atoms with Crippen LogP contribution in [-0.4, -0.2) is 30.1 Å². The Morgan fingerprint density at radius 3 is 2.89 bits per heavy atom. The molecule has 5 heteroatoms. The first kappa shape index (κ1) is 13.4. The van der Waals surface area contributed by atoms with Crippen LogP contribution in [0.4, 0.5) is 5.00 Å². The minimum Gasteiger partial charge on any atom is -0.462 e. The van der Waals surface area contributed by atoms with Gasteiger partial charge in [0.15, 0.2) is 0 Å². The van der Waals surface area contributed by atoms with Crippen molar-refractivity contribution in [2.45, 2.75) is 39.8 Å². The van der Waals surface area contributed by atoms with Gasteiger partial charge in [-0.3, -0.25) is 4.90 Å².